The van der Waals surface area contributed by atoms with Crippen molar-refractivity contribution in [3.05, 3.63) is 28.8 Å². The number of ether oxygens (including phenoxy) is 2. The van der Waals surface area contributed by atoms with Gasteiger partial charge in [-0.2, -0.15) is 0 Å². The number of hydrogen-bond acceptors (Lipinski definition) is 3. The number of hydrogen-bond donors (Lipinski definition) is 0. The molecule has 1 aromatic carbocycles. The Bertz CT molecular complexity index is 619. The summed E-state index contributed by atoms with van der Waals surface area (Å²) in [6.07, 6.45) is 4.59. The van der Waals surface area contributed by atoms with Crippen LogP contribution in [0.4, 0.5) is 0 Å². The van der Waals surface area contributed by atoms with Crippen molar-refractivity contribution in [1.82, 2.24) is 4.90 Å². The number of rotatable bonds is 2. The van der Waals surface area contributed by atoms with Crippen LogP contribution >= 0.6 is 11.6 Å². The van der Waals surface area contributed by atoms with Gasteiger partial charge in [0.25, 0.3) is 0 Å². The number of amides is 1. The summed E-state index contributed by atoms with van der Waals surface area (Å²) in [5, 5.41) is 0.509. The van der Waals surface area contributed by atoms with Crippen LogP contribution in [0.5, 0.6) is 11.5 Å². The lowest BCUT2D eigenvalue weighted by Crippen LogP contribution is -2.41. The number of benzene rings is 1. The molecule has 0 unspecified atom stereocenters. The Morgan fingerprint density at radius 3 is 2.65 bits per heavy atom. The maximum absolute atomic E-state index is 12.4. The predicted octanol–water partition coefficient (Wildman–Crippen LogP) is 3.63. The molecule has 3 rings (SSSR count). The molecule has 1 fully saturated rings. The molecule has 1 aromatic rings. The SMILES string of the molecule is C[C@@H]1C[C@H](C)CN(C(=O)/C=C/c2cc(Cl)c3c(c2)OCCO3)C1. The van der Waals surface area contributed by atoms with Crippen molar-refractivity contribution in [3.63, 3.8) is 0 Å². The molecule has 0 N–H and O–H groups in total. The maximum atomic E-state index is 12.4. The van der Waals surface area contributed by atoms with Gasteiger partial charge in [0.15, 0.2) is 11.5 Å². The molecular weight excluding hydrogens is 314 g/mol. The van der Waals surface area contributed by atoms with E-state index in [4.69, 9.17) is 21.1 Å². The number of nitrogens with zero attached hydrogens (tertiary/aromatic N) is 1. The molecule has 0 saturated carbocycles. The summed E-state index contributed by atoms with van der Waals surface area (Å²) >= 11 is 6.22. The van der Waals surface area contributed by atoms with E-state index in [1.807, 2.05) is 11.0 Å². The Kier molecular flexibility index (Phi) is 4.81. The van der Waals surface area contributed by atoms with Crippen molar-refractivity contribution < 1.29 is 14.3 Å². The quantitative estimate of drug-likeness (QED) is 0.775. The van der Waals surface area contributed by atoms with Crippen LogP contribution in [0.3, 0.4) is 0 Å². The molecule has 124 valence electrons. The van der Waals surface area contributed by atoms with Gasteiger partial charge >= 0.3 is 0 Å². The topological polar surface area (TPSA) is 38.8 Å². The third kappa shape index (κ3) is 3.81. The number of halogens is 1. The number of carbonyl (C=O) groups is 1. The minimum atomic E-state index is 0.0504. The molecule has 23 heavy (non-hydrogen) atoms. The van der Waals surface area contributed by atoms with E-state index < -0.39 is 0 Å². The van der Waals surface area contributed by atoms with Gasteiger partial charge in [0.1, 0.15) is 13.2 Å². The lowest BCUT2D eigenvalue weighted by atomic mass is 9.92. The molecule has 0 aliphatic carbocycles. The minimum Gasteiger partial charge on any atom is -0.486 e. The zero-order valence-electron chi connectivity index (χ0n) is 13.5. The van der Waals surface area contributed by atoms with Gasteiger partial charge in [0.2, 0.25) is 5.91 Å². The fraction of sp³-hybridized carbons (Fsp3) is 0.500. The van der Waals surface area contributed by atoms with Gasteiger partial charge in [-0.3, -0.25) is 4.79 Å². The van der Waals surface area contributed by atoms with Crippen LogP contribution < -0.4 is 9.47 Å². The molecule has 0 bridgehead atoms. The molecular formula is C18H22ClNO3. The van der Waals surface area contributed by atoms with E-state index in [0.717, 1.165) is 18.7 Å². The first kappa shape index (κ1) is 16.2. The second kappa shape index (κ2) is 6.83. The third-order valence-electron chi connectivity index (χ3n) is 4.22. The standard InChI is InChI=1S/C18H22ClNO3/c1-12-7-13(2)11-20(10-12)17(21)4-3-14-8-15(19)18-16(9-14)22-5-6-23-18/h3-4,8-9,12-13H,5-7,10-11H2,1-2H3/b4-3+/t12-,13+. The van der Waals surface area contributed by atoms with Gasteiger partial charge in [-0.15, -0.1) is 0 Å². The Labute approximate surface area is 142 Å². The van der Waals surface area contributed by atoms with Crippen LogP contribution in [-0.4, -0.2) is 37.1 Å². The van der Waals surface area contributed by atoms with E-state index in [2.05, 4.69) is 13.8 Å². The number of fused-ring (bicyclic) bond motifs is 1. The molecule has 0 radical (unpaired) electrons. The minimum absolute atomic E-state index is 0.0504. The molecule has 2 heterocycles. The van der Waals surface area contributed by atoms with Gasteiger partial charge in [-0.1, -0.05) is 25.4 Å². The van der Waals surface area contributed by atoms with Crippen LogP contribution in [0.25, 0.3) is 6.08 Å². The van der Waals surface area contributed by atoms with Crippen molar-refractivity contribution >= 4 is 23.6 Å². The maximum Gasteiger partial charge on any atom is 0.246 e. The smallest absolute Gasteiger partial charge is 0.246 e. The summed E-state index contributed by atoms with van der Waals surface area (Å²) in [6.45, 7) is 7.07. The highest BCUT2D eigenvalue weighted by Gasteiger charge is 2.24. The van der Waals surface area contributed by atoms with Crippen molar-refractivity contribution in [1.29, 1.82) is 0 Å². The second-order valence-corrected chi connectivity index (χ2v) is 6.96. The van der Waals surface area contributed by atoms with Gasteiger partial charge < -0.3 is 14.4 Å². The van der Waals surface area contributed by atoms with Gasteiger partial charge in [-0.25, -0.2) is 0 Å². The Hall–Kier alpha value is -1.68. The van der Waals surface area contributed by atoms with E-state index in [1.54, 1.807) is 18.2 Å². The molecule has 2 aliphatic heterocycles. The number of carbonyl (C=O) groups excluding carboxylic acids is 1. The Morgan fingerprint density at radius 2 is 1.91 bits per heavy atom. The van der Waals surface area contributed by atoms with E-state index >= 15 is 0 Å². The lowest BCUT2D eigenvalue weighted by Gasteiger charge is -2.34. The van der Waals surface area contributed by atoms with E-state index in [0.29, 0.717) is 41.6 Å². The lowest BCUT2D eigenvalue weighted by molar-refractivity contribution is -0.128. The zero-order valence-corrected chi connectivity index (χ0v) is 14.3. The zero-order chi connectivity index (χ0) is 16.4. The Morgan fingerprint density at radius 1 is 1.22 bits per heavy atom. The normalized spacial score (nSPS) is 24.0. The largest absolute Gasteiger partial charge is 0.486 e. The highest BCUT2D eigenvalue weighted by molar-refractivity contribution is 6.32. The van der Waals surface area contributed by atoms with E-state index in [-0.39, 0.29) is 5.91 Å². The average Bonchev–Trinajstić information content (AvgIpc) is 2.52. The van der Waals surface area contributed by atoms with Crippen molar-refractivity contribution in [2.45, 2.75) is 20.3 Å². The molecule has 2 aliphatic rings. The van der Waals surface area contributed by atoms with Crippen molar-refractivity contribution in [2.24, 2.45) is 11.8 Å². The molecule has 4 nitrogen and oxygen atoms in total. The molecule has 0 spiro atoms. The molecule has 1 amide bonds. The summed E-state index contributed by atoms with van der Waals surface area (Å²) in [6, 6.07) is 3.64. The summed E-state index contributed by atoms with van der Waals surface area (Å²) < 4.78 is 11.1. The first-order valence-electron chi connectivity index (χ1n) is 8.09. The second-order valence-electron chi connectivity index (χ2n) is 6.55. The van der Waals surface area contributed by atoms with Crippen LogP contribution in [0.2, 0.25) is 5.02 Å². The van der Waals surface area contributed by atoms with Crippen molar-refractivity contribution in [2.75, 3.05) is 26.3 Å². The number of piperidine rings is 1. The first-order chi connectivity index (χ1) is 11.0. The van der Waals surface area contributed by atoms with Gasteiger partial charge in [0, 0.05) is 19.2 Å². The van der Waals surface area contributed by atoms with E-state index in [1.165, 1.54) is 6.42 Å². The van der Waals surface area contributed by atoms with Gasteiger partial charge in [-0.05, 0) is 42.0 Å². The van der Waals surface area contributed by atoms with Gasteiger partial charge in [0.05, 0.1) is 5.02 Å². The first-order valence-corrected chi connectivity index (χ1v) is 8.47. The Balaban J connectivity index is 1.72. The van der Waals surface area contributed by atoms with Crippen LogP contribution in [0.15, 0.2) is 18.2 Å². The van der Waals surface area contributed by atoms with Crippen LogP contribution in [0, 0.1) is 11.8 Å². The van der Waals surface area contributed by atoms with E-state index in [9.17, 15) is 4.79 Å². The molecule has 2 atom stereocenters. The summed E-state index contributed by atoms with van der Waals surface area (Å²) in [7, 11) is 0. The number of likely N-dealkylation sites (tertiary alicyclic amines) is 1. The third-order valence-corrected chi connectivity index (χ3v) is 4.50. The van der Waals surface area contributed by atoms with Crippen LogP contribution in [0.1, 0.15) is 25.8 Å². The highest BCUT2D eigenvalue weighted by Crippen LogP contribution is 2.38. The summed E-state index contributed by atoms with van der Waals surface area (Å²) in [5.41, 5.74) is 0.839. The summed E-state index contributed by atoms with van der Waals surface area (Å²) in [5.74, 6) is 2.38. The average molecular weight is 336 g/mol. The highest BCUT2D eigenvalue weighted by atomic mass is 35.5. The summed E-state index contributed by atoms with van der Waals surface area (Å²) in [4.78, 5) is 14.3. The monoisotopic (exact) mass is 335 g/mol. The molecule has 0 aromatic heterocycles. The fourth-order valence-corrected chi connectivity index (χ4v) is 3.62. The fourth-order valence-electron chi connectivity index (χ4n) is 3.34. The predicted molar refractivity (Wildman–Crippen MR) is 91.0 cm³/mol. The molecule has 5 heteroatoms. The van der Waals surface area contributed by atoms with Crippen molar-refractivity contribution in [3.8, 4) is 11.5 Å². The molecule has 1 saturated heterocycles. The van der Waals surface area contributed by atoms with Crippen LogP contribution in [-0.2, 0) is 4.79 Å².